The van der Waals surface area contributed by atoms with Gasteiger partial charge in [0.2, 0.25) is 0 Å². The zero-order valence-corrected chi connectivity index (χ0v) is 17.6. The zero-order valence-electron chi connectivity index (χ0n) is 16.8. The third-order valence-corrected chi connectivity index (χ3v) is 7.36. The van der Waals surface area contributed by atoms with E-state index in [1.807, 2.05) is 57.3 Å². The molecule has 2 aromatic rings. The van der Waals surface area contributed by atoms with Crippen molar-refractivity contribution in [3.63, 3.8) is 0 Å². The fourth-order valence-corrected chi connectivity index (χ4v) is 5.23. The minimum Gasteiger partial charge on any atom is -0.339 e. The minimum atomic E-state index is -3.35. The largest absolute Gasteiger partial charge is 0.339 e. The molecule has 0 bridgehead atoms. The first-order valence-electron chi connectivity index (χ1n) is 9.86. The van der Waals surface area contributed by atoms with Crippen molar-refractivity contribution in [3.8, 4) is 0 Å². The van der Waals surface area contributed by atoms with E-state index in [9.17, 15) is 8.42 Å². The SMILES string of the molecule is CCN(CC)S(=O)(=O)N1CCC(c2ccc(Nc3cccc(C)n3)cn2)CC1. The zero-order chi connectivity index (χ0) is 20.1. The smallest absolute Gasteiger partial charge is 0.281 e. The van der Waals surface area contributed by atoms with Crippen LogP contribution in [0, 0.1) is 6.92 Å². The van der Waals surface area contributed by atoms with Crippen LogP contribution in [0.25, 0.3) is 0 Å². The summed E-state index contributed by atoms with van der Waals surface area (Å²) >= 11 is 0. The quantitative estimate of drug-likeness (QED) is 0.767. The molecule has 1 saturated heterocycles. The summed E-state index contributed by atoms with van der Waals surface area (Å²) in [6.45, 7) is 7.80. The number of aromatic nitrogens is 2. The van der Waals surface area contributed by atoms with E-state index in [4.69, 9.17) is 0 Å². The van der Waals surface area contributed by atoms with Crippen molar-refractivity contribution in [1.29, 1.82) is 0 Å². The Morgan fingerprint density at radius 1 is 1.14 bits per heavy atom. The molecule has 3 heterocycles. The van der Waals surface area contributed by atoms with Gasteiger partial charge in [0.15, 0.2) is 0 Å². The number of pyridine rings is 2. The van der Waals surface area contributed by atoms with Crippen molar-refractivity contribution in [2.45, 2.75) is 39.5 Å². The third kappa shape index (κ3) is 4.68. The fourth-order valence-electron chi connectivity index (χ4n) is 3.58. The number of nitrogens with zero attached hydrogens (tertiary/aromatic N) is 4. The molecule has 7 nitrogen and oxygen atoms in total. The van der Waals surface area contributed by atoms with Gasteiger partial charge in [0.05, 0.1) is 11.9 Å². The summed E-state index contributed by atoms with van der Waals surface area (Å²) in [5.74, 6) is 1.08. The highest BCUT2D eigenvalue weighted by Gasteiger charge is 2.32. The van der Waals surface area contributed by atoms with Crippen molar-refractivity contribution in [2.24, 2.45) is 0 Å². The van der Waals surface area contributed by atoms with Gasteiger partial charge in [-0.15, -0.1) is 0 Å². The van der Waals surface area contributed by atoms with Gasteiger partial charge < -0.3 is 5.32 Å². The Bertz CT molecular complexity index is 874. The second kappa shape index (κ2) is 8.98. The highest BCUT2D eigenvalue weighted by molar-refractivity contribution is 7.86. The van der Waals surface area contributed by atoms with Gasteiger partial charge in [-0.1, -0.05) is 19.9 Å². The van der Waals surface area contributed by atoms with E-state index in [0.717, 1.165) is 35.7 Å². The highest BCUT2D eigenvalue weighted by atomic mass is 32.2. The number of aryl methyl sites for hydroxylation is 1. The van der Waals surface area contributed by atoms with E-state index in [-0.39, 0.29) is 5.92 Å². The van der Waals surface area contributed by atoms with Crippen LogP contribution in [0.3, 0.4) is 0 Å². The molecule has 152 valence electrons. The standard InChI is InChI=1S/C20H29N5O2S/c1-4-24(5-2)28(26,27)25-13-11-17(12-14-25)19-10-9-18(15-21-19)23-20-8-6-7-16(3)22-20/h6-10,15,17H,4-5,11-14H2,1-3H3,(H,22,23). The van der Waals surface area contributed by atoms with Gasteiger partial charge in [-0.05, 0) is 44.0 Å². The lowest BCUT2D eigenvalue weighted by atomic mass is 9.94. The van der Waals surface area contributed by atoms with Gasteiger partial charge in [-0.2, -0.15) is 17.0 Å². The molecule has 0 aliphatic carbocycles. The maximum Gasteiger partial charge on any atom is 0.281 e. The van der Waals surface area contributed by atoms with Crippen LogP contribution in [0.4, 0.5) is 11.5 Å². The molecular weight excluding hydrogens is 374 g/mol. The van der Waals surface area contributed by atoms with Crippen LogP contribution in [0.15, 0.2) is 36.5 Å². The molecule has 0 amide bonds. The molecule has 28 heavy (non-hydrogen) atoms. The Morgan fingerprint density at radius 3 is 2.43 bits per heavy atom. The van der Waals surface area contributed by atoms with Crippen LogP contribution in [-0.4, -0.2) is 53.2 Å². The molecule has 1 aliphatic rings. The van der Waals surface area contributed by atoms with E-state index >= 15 is 0 Å². The molecule has 0 spiro atoms. The summed E-state index contributed by atoms with van der Waals surface area (Å²) in [7, 11) is -3.35. The normalized spacial score (nSPS) is 16.4. The minimum absolute atomic E-state index is 0.286. The maximum atomic E-state index is 12.7. The van der Waals surface area contributed by atoms with Gasteiger partial charge in [-0.25, -0.2) is 4.98 Å². The lowest BCUT2D eigenvalue weighted by Crippen LogP contribution is -2.46. The molecule has 3 rings (SSSR count). The van der Waals surface area contributed by atoms with Gasteiger partial charge >= 0.3 is 0 Å². The van der Waals surface area contributed by atoms with E-state index in [1.165, 1.54) is 4.31 Å². The lowest BCUT2D eigenvalue weighted by molar-refractivity contribution is 0.289. The van der Waals surface area contributed by atoms with Crippen LogP contribution in [0.1, 0.15) is 44.0 Å². The molecular formula is C20H29N5O2S. The van der Waals surface area contributed by atoms with E-state index in [2.05, 4.69) is 15.3 Å². The van der Waals surface area contributed by atoms with Crippen LogP contribution in [-0.2, 0) is 10.2 Å². The molecule has 0 unspecified atom stereocenters. The van der Waals surface area contributed by atoms with Gasteiger partial charge in [0.1, 0.15) is 5.82 Å². The van der Waals surface area contributed by atoms with E-state index < -0.39 is 10.2 Å². The molecule has 0 aromatic carbocycles. The van der Waals surface area contributed by atoms with Crippen molar-refractivity contribution in [3.05, 3.63) is 47.9 Å². The first-order valence-corrected chi connectivity index (χ1v) is 11.3. The molecule has 8 heteroatoms. The molecule has 1 fully saturated rings. The van der Waals surface area contributed by atoms with Crippen LogP contribution >= 0.6 is 0 Å². The van der Waals surface area contributed by atoms with Gasteiger partial charge in [0, 0.05) is 43.5 Å². The Kier molecular flexibility index (Phi) is 6.64. The summed E-state index contributed by atoms with van der Waals surface area (Å²) < 4.78 is 28.4. The van der Waals surface area contributed by atoms with Gasteiger partial charge in [-0.3, -0.25) is 4.98 Å². The summed E-state index contributed by atoms with van der Waals surface area (Å²) in [6, 6.07) is 9.88. The Balaban J connectivity index is 1.60. The van der Waals surface area contributed by atoms with Crippen molar-refractivity contribution >= 4 is 21.7 Å². The van der Waals surface area contributed by atoms with E-state index in [0.29, 0.717) is 26.2 Å². The predicted octanol–water partition coefficient (Wildman–Crippen LogP) is 3.29. The second-order valence-electron chi connectivity index (χ2n) is 7.03. The van der Waals surface area contributed by atoms with Crippen LogP contribution < -0.4 is 5.32 Å². The van der Waals surface area contributed by atoms with Crippen molar-refractivity contribution in [1.82, 2.24) is 18.6 Å². The first kappa shape index (κ1) is 20.7. The maximum absolute atomic E-state index is 12.7. The van der Waals surface area contributed by atoms with Crippen molar-refractivity contribution in [2.75, 3.05) is 31.5 Å². The Morgan fingerprint density at radius 2 is 1.86 bits per heavy atom. The lowest BCUT2D eigenvalue weighted by Gasteiger charge is -2.34. The Hall–Kier alpha value is -2.03. The van der Waals surface area contributed by atoms with Crippen molar-refractivity contribution < 1.29 is 8.42 Å². The fraction of sp³-hybridized carbons (Fsp3) is 0.500. The summed E-state index contributed by atoms with van der Waals surface area (Å²) in [4.78, 5) is 9.04. The monoisotopic (exact) mass is 403 g/mol. The molecule has 0 saturated carbocycles. The number of rotatable bonds is 7. The van der Waals surface area contributed by atoms with Crippen LogP contribution in [0.2, 0.25) is 0 Å². The average molecular weight is 404 g/mol. The summed E-state index contributed by atoms with van der Waals surface area (Å²) in [6.07, 6.45) is 3.40. The number of nitrogens with one attached hydrogen (secondary N) is 1. The highest BCUT2D eigenvalue weighted by Crippen LogP contribution is 2.29. The molecule has 1 N–H and O–H groups in total. The van der Waals surface area contributed by atoms with Crippen LogP contribution in [0.5, 0.6) is 0 Å². The molecule has 2 aromatic heterocycles. The number of hydrogen-bond acceptors (Lipinski definition) is 5. The van der Waals surface area contributed by atoms with Gasteiger partial charge in [0.25, 0.3) is 10.2 Å². The number of hydrogen-bond donors (Lipinski definition) is 1. The number of anilines is 2. The predicted molar refractivity (Wildman–Crippen MR) is 112 cm³/mol. The Labute approximate surface area is 168 Å². The second-order valence-corrected chi connectivity index (χ2v) is 8.95. The molecule has 0 atom stereocenters. The van der Waals surface area contributed by atoms with E-state index in [1.54, 1.807) is 4.31 Å². The molecule has 0 radical (unpaired) electrons. The topological polar surface area (TPSA) is 78.4 Å². The average Bonchev–Trinajstić information content (AvgIpc) is 2.69. The molecule has 1 aliphatic heterocycles. The summed E-state index contributed by atoms with van der Waals surface area (Å²) in [5.41, 5.74) is 2.87. The third-order valence-electron chi connectivity index (χ3n) is 5.18. The number of piperidine rings is 1. The summed E-state index contributed by atoms with van der Waals surface area (Å²) in [5, 5.41) is 3.26. The first-order chi connectivity index (χ1) is 13.4.